The van der Waals surface area contributed by atoms with E-state index in [1.54, 1.807) is 42.1 Å². The third kappa shape index (κ3) is 8.75. The third-order valence-corrected chi connectivity index (χ3v) is 9.82. The van der Waals surface area contributed by atoms with Gasteiger partial charge in [0, 0.05) is 39.2 Å². The Morgan fingerprint density at radius 3 is 1.98 bits per heavy atom. The fourth-order valence-electron chi connectivity index (χ4n) is 5.33. The molecule has 1 aliphatic rings. The van der Waals surface area contributed by atoms with E-state index in [1.165, 1.54) is 0 Å². The summed E-state index contributed by atoms with van der Waals surface area (Å²) in [4.78, 5) is 14.0. The molecule has 7 nitrogen and oxygen atoms in total. The minimum absolute atomic E-state index is 0.0715. The van der Waals surface area contributed by atoms with Crippen LogP contribution in [0, 0.1) is 5.41 Å². The van der Waals surface area contributed by atoms with Gasteiger partial charge in [-0.25, -0.2) is 0 Å². The Bertz CT molecular complexity index is 1660. The van der Waals surface area contributed by atoms with Crippen LogP contribution < -0.4 is 5.46 Å². The summed E-state index contributed by atoms with van der Waals surface area (Å²) < 4.78 is 20.1. The Kier molecular flexibility index (Phi) is 10.8. The molecule has 1 saturated heterocycles. The van der Waals surface area contributed by atoms with Crippen molar-refractivity contribution in [2.75, 3.05) is 6.61 Å². The van der Waals surface area contributed by atoms with Crippen LogP contribution in [0.3, 0.4) is 0 Å². The predicted octanol–water partition coefficient (Wildman–Crippen LogP) is 8.11. The number of hydrogen-bond acceptors (Lipinski definition) is 7. The van der Waals surface area contributed by atoms with E-state index < -0.39 is 23.7 Å². The second kappa shape index (κ2) is 14.0. The van der Waals surface area contributed by atoms with Crippen LogP contribution in [0.2, 0.25) is 0 Å². The molecule has 0 spiro atoms. The van der Waals surface area contributed by atoms with Gasteiger partial charge in [-0.05, 0) is 89.8 Å². The predicted molar refractivity (Wildman–Crippen MR) is 193 cm³/mol. The number of thioether (sulfide) groups is 1. The van der Waals surface area contributed by atoms with Crippen LogP contribution in [0.1, 0.15) is 80.5 Å². The smallest absolute Gasteiger partial charge is 0.494 e. The third-order valence-electron chi connectivity index (χ3n) is 8.55. The van der Waals surface area contributed by atoms with E-state index in [1.807, 2.05) is 39.0 Å². The van der Waals surface area contributed by atoms with E-state index >= 15 is 0 Å². The number of carbonyl (C=O) groups excluding carboxylic acids is 1. The zero-order chi connectivity index (χ0) is 34.8. The van der Waals surface area contributed by atoms with Gasteiger partial charge in [-0.15, -0.1) is 11.8 Å². The Hall–Kier alpha value is -3.40. The Balaban J connectivity index is 0.000000632. The molecule has 2 N–H and O–H groups in total. The Morgan fingerprint density at radius 1 is 0.872 bits per heavy atom. The van der Waals surface area contributed by atoms with Gasteiger partial charge < -0.3 is 28.8 Å². The molecule has 0 saturated carbocycles. The molecule has 1 aliphatic heterocycles. The van der Waals surface area contributed by atoms with Crippen molar-refractivity contribution in [3.8, 4) is 11.5 Å². The van der Waals surface area contributed by atoms with Crippen molar-refractivity contribution < 1.29 is 29.1 Å². The number of nitrogens with zero attached hydrogens (tertiary/aromatic N) is 1. The summed E-state index contributed by atoms with van der Waals surface area (Å²) >= 11 is 1.76. The average Bonchev–Trinajstić information content (AvgIpc) is 3.36. The highest BCUT2D eigenvalue weighted by atomic mass is 32.2. The summed E-state index contributed by atoms with van der Waals surface area (Å²) in [6.45, 7) is 21.4. The molecular formula is C38H50BNO6S. The zero-order valence-corrected chi connectivity index (χ0v) is 30.3. The number of hydrogen-bond donors (Lipinski definition) is 2. The number of aromatic nitrogens is 1. The van der Waals surface area contributed by atoms with Crippen LogP contribution in [0.25, 0.3) is 10.9 Å². The van der Waals surface area contributed by atoms with Gasteiger partial charge in [0.15, 0.2) is 0 Å². The minimum Gasteiger partial charge on any atom is -0.508 e. The number of aromatic hydroxyl groups is 2. The molecule has 2 heterocycles. The molecule has 252 valence electrons. The highest BCUT2D eigenvalue weighted by molar-refractivity contribution is 8.00. The van der Waals surface area contributed by atoms with Crippen molar-refractivity contribution in [3.05, 3.63) is 84.1 Å². The molecule has 0 bridgehead atoms. The van der Waals surface area contributed by atoms with E-state index in [0.717, 1.165) is 32.5 Å². The highest BCUT2D eigenvalue weighted by Gasteiger charge is 2.51. The first-order valence-electron chi connectivity index (χ1n) is 16.2. The first-order valence-corrected chi connectivity index (χ1v) is 17.0. The molecular weight excluding hydrogens is 609 g/mol. The fraction of sp³-hybridized carbons (Fsp3) is 0.447. The van der Waals surface area contributed by atoms with E-state index in [4.69, 9.17) is 19.2 Å². The number of rotatable bonds is 8. The number of fused-ring (bicyclic) bond motifs is 1. The maximum atomic E-state index is 13.0. The van der Waals surface area contributed by atoms with E-state index in [0.29, 0.717) is 25.3 Å². The van der Waals surface area contributed by atoms with Crippen LogP contribution in [-0.2, 0) is 31.8 Å². The number of carbonyl (C=O) groups is 1. The van der Waals surface area contributed by atoms with Crippen LogP contribution in [0.15, 0.2) is 77.7 Å². The summed E-state index contributed by atoms with van der Waals surface area (Å²) in [6, 6.07) is 22.6. The monoisotopic (exact) mass is 659 g/mol. The molecule has 0 radical (unpaired) electrons. The molecule has 47 heavy (non-hydrogen) atoms. The maximum Gasteiger partial charge on any atom is 0.494 e. The van der Waals surface area contributed by atoms with Gasteiger partial charge in [0.25, 0.3) is 0 Å². The van der Waals surface area contributed by atoms with Crippen molar-refractivity contribution in [1.29, 1.82) is 0 Å². The van der Waals surface area contributed by atoms with Gasteiger partial charge in [-0.2, -0.15) is 0 Å². The largest absolute Gasteiger partial charge is 0.508 e. The molecule has 0 unspecified atom stereocenters. The van der Waals surface area contributed by atoms with Gasteiger partial charge in [0.05, 0.1) is 23.2 Å². The van der Waals surface area contributed by atoms with E-state index in [9.17, 15) is 9.90 Å². The molecule has 4 aromatic rings. The summed E-state index contributed by atoms with van der Waals surface area (Å²) in [7, 11) is -0.412. The van der Waals surface area contributed by atoms with Gasteiger partial charge in [-0.1, -0.05) is 63.2 Å². The SMILES string of the molecule is CCOC(=O)C(C)(C)Cc1c(SC(C)(C)C)c2cc(O)ccc2n1Cc1ccc(B2OC(C)(C)C(C)(C)O2)cc1.Oc1ccccc1. The van der Waals surface area contributed by atoms with E-state index in [2.05, 4.69) is 77.3 Å². The summed E-state index contributed by atoms with van der Waals surface area (Å²) in [6.07, 6.45) is 0.506. The number of phenols is 2. The standard InChI is InChI=1S/C32H44BNO5S.C6H6O/c1-11-37-28(36)30(5,6)19-26-27(40-29(2,3)4)24-18-23(35)16-17-25(24)34(26)20-21-12-14-22(15-13-21)33-38-31(7,8)32(9,10)39-33;7-6-4-2-1-3-5-6/h12-18,35H,11,19-20H2,1-10H3;1-5,7H. The van der Waals surface area contributed by atoms with Crippen LogP contribution >= 0.6 is 11.8 Å². The molecule has 0 atom stereocenters. The molecule has 5 rings (SSSR count). The normalized spacial score (nSPS) is 15.7. The molecule has 0 amide bonds. The number of esters is 1. The van der Waals surface area contributed by atoms with Gasteiger partial charge >= 0.3 is 13.1 Å². The van der Waals surface area contributed by atoms with Crippen LogP contribution in [0.4, 0.5) is 0 Å². The zero-order valence-electron chi connectivity index (χ0n) is 29.5. The maximum absolute atomic E-state index is 13.0. The van der Waals surface area contributed by atoms with Gasteiger partial charge in [0.2, 0.25) is 0 Å². The van der Waals surface area contributed by atoms with Crippen molar-refractivity contribution in [3.63, 3.8) is 0 Å². The summed E-state index contributed by atoms with van der Waals surface area (Å²) in [5.74, 6) is 0.332. The Labute approximate surface area is 284 Å². The topological polar surface area (TPSA) is 90.2 Å². The van der Waals surface area contributed by atoms with Crippen molar-refractivity contribution >= 4 is 41.2 Å². The van der Waals surface area contributed by atoms with Gasteiger partial charge in [0.1, 0.15) is 11.5 Å². The van der Waals surface area contributed by atoms with Crippen molar-refractivity contribution in [2.24, 2.45) is 5.41 Å². The van der Waals surface area contributed by atoms with Gasteiger partial charge in [-0.3, -0.25) is 4.79 Å². The lowest BCUT2D eigenvalue weighted by Crippen LogP contribution is -2.41. The highest BCUT2D eigenvalue weighted by Crippen LogP contribution is 2.44. The first kappa shape index (κ1) is 36.4. The second-order valence-electron chi connectivity index (χ2n) is 14.7. The van der Waals surface area contributed by atoms with Crippen molar-refractivity contribution in [2.45, 2.75) is 103 Å². The summed E-state index contributed by atoms with van der Waals surface area (Å²) in [5, 5.41) is 20.0. The number of phenolic OH excluding ortho intramolecular Hbond substituents is 2. The molecule has 9 heteroatoms. The molecule has 1 fully saturated rings. The fourth-order valence-corrected chi connectivity index (χ4v) is 6.51. The number of ether oxygens (including phenoxy) is 1. The lowest BCUT2D eigenvalue weighted by molar-refractivity contribution is -0.153. The average molecular weight is 660 g/mol. The Morgan fingerprint density at radius 2 is 1.47 bits per heavy atom. The lowest BCUT2D eigenvalue weighted by Gasteiger charge is -2.32. The quantitative estimate of drug-likeness (QED) is 0.112. The van der Waals surface area contributed by atoms with Crippen molar-refractivity contribution in [1.82, 2.24) is 4.57 Å². The molecule has 1 aromatic heterocycles. The number of benzene rings is 3. The van der Waals surface area contributed by atoms with Crippen LogP contribution in [0.5, 0.6) is 11.5 Å². The lowest BCUT2D eigenvalue weighted by atomic mass is 9.79. The van der Waals surface area contributed by atoms with E-state index in [-0.39, 0.29) is 16.5 Å². The van der Waals surface area contributed by atoms with Crippen LogP contribution in [-0.4, -0.2) is 50.4 Å². The number of para-hydroxylation sites is 1. The summed E-state index contributed by atoms with van der Waals surface area (Å²) in [5.41, 5.74) is 2.67. The second-order valence-corrected chi connectivity index (χ2v) is 16.6. The first-order chi connectivity index (χ1) is 21.8. The molecule has 3 aromatic carbocycles. The minimum atomic E-state index is -0.724. The molecule has 0 aliphatic carbocycles.